The molecule has 2 aromatic rings. The largest absolute Gasteiger partial charge is 0.337 e. The minimum absolute atomic E-state index is 0.189. The molecule has 0 amide bonds. The van der Waals surface area contributed by atoms with Crippen molar-refractivity contribution < 1.29 is 13.3 Å². The molecular formula is C12H13F2N3O. The Morgan fingerprint density at radius 1 is 1.33 bits per heavy atom. The second-order valence-corrected chi connectivity index (χ2v) is 4.32. The van der Waals surface area contributed by atoms with E-state index < -0.39 is 17.2 Å². The highest BCUT2D eigenvalue weighted by Gasteiger charge is 2.26. The van der Waals surface area contributed by atoms with Gasteiger partial charge in [-0.05, 0) is 31.5 Å². The number of hydrogen-bond donors (Lipinski definition) is 1. The second-order valence-electron chi connectivity index (χ2n) is 4.32. The van der Waals surface area contributed by atoms with E-state index in [9.17, 15) is 8.78 Å². The molecule has 0 radical (unpaired) electrons. The third kappa shape index (κ3) is 2.24. The van der Waals surface area contributed by atoms with Crippen LogP contribution in [-0.4, -0.2) is 10.1 Å². The van der Waals surface area contributed by atoms with Crippen molar-refractivity contribution in [3.63, 3.8) is 0 Å². The Morgan fingerprint density at radius 3 is 2.67 bits per heavy atom. The van der Waals surface area contributed by atoms with Crippen LogP contribution in [0.4, 0.5) is 8.78 Å². The lowest BCUT2D eigenvalue weighted by Gasteiger charge is -2.16. The van der Waals surface area contributed by atoms with Gasteiger partial charge in [-0.1, -0.05) is 12.1 Å². The Morgan fingerprint density at radius 2 is 2.06 bits per heavy atom. The first-order valence-electron chi connectivity index (χ1n) is 5.52. The van der Waals surface area contributed by atoms with Crippen LogP contribution in [0.5, 0.6) is 0 Å². The lowest BCUT2D eigenvalue weighted by atomic mass is 10.0. The molecule has 0 aliphatic rings. The molecule has 0 fully saturated rings. The Hall–Kier alpha value is -1.82. The molecule has 1 heterocycles. The van der Waals surface area contributed by atoms with E-state index in [1.165, 1.54) is 6.07 Å². The van der Waals surface area contributed by atoms with Crippen molar-refractivity contribution in [2.75, 3.05) is 0 Å². The highest BCUT2D eigenvalue weighted by atomic mass is 19.2. The summed E-state index contributed by atoms with van der Waals surface area (Å²) >= 11 is 0. The first-order valence-corrected chi connectivity index (χ1v) is 5.52. The van der Waals surface area contributed by atoms with Crippen LogP contribution in [-0.2, 0) is 5.54 Å². The number of hydrogen-bond acceptors (Lipinski definition) is 4. The van der Waals surface area contributed by atoms with Crippen molar-refractivity contribution >= 4 is 0 Å². The van der Waals surface area contributed by atoms with Crippen molar-refractivity contribution in [1.29, 1.82) is 0 Å². The number of halogens is 2. The summed E-state index contributed by atoms with van der Waals surface area (Å²) in [5, 5.41) is 3.72. The highest BCUT2D eigenvalue weighted by Crippen LogP contribution is 2.24. The van der Waals surface area contributed by atoms with Crippen molar-refractivity contribution in [3.8, 4) is 11.4 Å². The molecule has 2 N–H and O–H groups in total. The quantitative estimate of drug-likeness (QED) is 0.913. The van der Waals surface area contributed by atoms with Gasteiger partial charge in [0.05, 0.1) is 5.54 Å². The molecule has 96 valence electrons. The zero-order valence-corrected chi connectivity index (χ0v) is 10.1. The summed E-state index contributed by atoms with van der Waals surface area (Å²) in [4.78, 5) is 4.10. The SMILES string of the molecule is CCC(C)(N)c1nc(-c2ccc(F)c(F)c2)no1. The van der Waals surface area contributed by atoms with Gasteiger partial charge >= 0.3 is 0 Å². The first-order chi connectivity index (χ1) is 8.44. The van der Waals surface area contributed by atoms with Crippen LogP contribution in [0.3, 0.4) is 0 Å². The number of aromatic nitrogens is 2. The summed E-state index contributed by atoms with van der Waals surface area (Å²) in [5.74, 6) is -1.41. The predicted molar refractivity (Wildman–Crippen MR) is 61.5 cm³/mol. The van der Waals surface area contributed by atoms with Gasteiger partial charge in [-0.25, -0.2) is 8.78 Å². The molecule has 0 spiro atoms. The normalized spacial score (nSPS) is 14.5. The smallest absolute Gasteiger partial charge is 0.246 e. The minimum atomic E-state index is -0.954. The topological polar surface area (TPSA) is 64.9 Å². The summed E-state index contributed by atoms with van der Waals surface area (Å²) < 4.78 is 30.9. The zero-order chi connectivity index (χ0) is 13.3. The summed E-state index contributed by atoms with van der Waals surface area (Å²) in [6.45, 7) is 3.65. The van der Waals surface area contributed by atoms with Crippen LogP contribution in [0, 0.1) is 11.6 Å². The van der Waals surface area contributed by atoms with Crippen LogP contribution < -0.4 is 5.73 Å². The molecule has 0 saturated heterocycles. The lowest BCUT2D eigenvalue weighted by molar-refractivity contribution is 0.291. The van der Waals surface area contributed by atoms with Gasteiger partial charge in [-0.3, -0.25) is 0 Å². The van der Waals surface area contributed by atoms with E-state index in [1.807, 2.05) is 6.92 Å². The van der Waals surface area contributed by atoms with Gasteiger partial charge in [0, 0.05) is 5.56 Å². The average molecular weight is 253 g/mol. The molecule has 0 aliphatic heterocycles. The third-order valence-corrected chi connectivity index (χ3v) is 2.83. The van der Waals surface area contributed by atoms with Crippen molar-refractivity contribution in [2.24, 2.45) is 5.73 Å². The monoisotopic (exact) mass is 253 g/mol. The van der Waals surface area contributed by atoms with E-state index in [-0.39, 0.29) is 11.7 Å². The van der Waals surface area contributed by atoms with Gasteiger partial charge in [0.1, 0.15) is 0 Å². The Labute approximate surface area is 103 Å². The summed E-state index contributed by atoms with van der Waals surface area (Å²) in [6.07, 6.45) is 0.617. The van der Waals surface area contributed by atoms with Crippen LogP contribution in [0.15, 0.2) is 22.7 Å². The lowest BCUT2D eigenvalue weighted by Crippen LogP contribution is -2.32. The molecule has 2 rings (SSSR count). The molecule has 1 aromatic carbocycles. The minimum Gasteiger partial charge on any atom is -0.337 e. The molecule has 1 unspecified atom stereocenters. The van der Waals surface area contributed by atoms with E-state index in [1.54, 1.807) is 6.92 Å². The third-order valence-electron chi connectivity index (χ3n) is 2.83. The van der Waals surface area contributed by atoms with Crippen LogP contribution >= 0.6 is 0 Å². The Balaban J connectivity index is 2.38. The van der Waals surface area contributed by atoms with E-state index in [4.69, 9.17) is 10.3 Å². The number of rotatable bonds is 3. The molecule has 1 atom stereocenters. The summed E-state index contributed by atoms with van der Waals surface area (Å²) in [7, 11) is 0. The standard InChI is InChI=1S/C12H13F2N3O/c1-3-12(2,15)11-16-10(17-18-11)7-4-5-8(13)9(14)6-7/h4-6H,3,15H2,1-2H3. The van der Waals surface area contributed by atoms with Crippen LogP contribution in [0.2, 0.25) is 0 Å². The summed E-state index contributed by atoms with van der Waals surface area (Å²) in [5.41, 5.74) is 5.56. The summed E-state index contributed by atoms with van der Waals surface area (Å²) in [6, 6.07) is 3.42. The van der Waals surface area contributed by atoms with Gasteiger partial charge in [0.25, 0.3) is 0 Å². The average Bonchev–Trinajstić information content (AvgIpc) is 2.83. The van der Waals surface area contributed by atoms with Gasteiger partial charge in [-0.15, -0.1) is 0 Å². The van der Waals surface area contributed by atoms with Crippen molar-refractivity contribution in [1.82, 2.24) is 10.1 Å². The van der Waals surface area contributed by atoms with E-state index in [0.717, 1.165) is 12.1 Å². The van der Waals surface area contributed by atoms with Gasteiger partial charge in [-0.2, -0.15) is 4.98 Å². The van der Waals surface area contributed by atoms with E-state index in [0.29, 0.717) is 12.0 Å². The van der Waals surface area contributed by atoms with Gasteiger partial charge in [0.2, 0.25) is 11.7 Å². The molecule has 6 heteroatoms. The molecule has 0 bridgehead atoms. The van der Waals surface area contributed by atoms with Crippen LogP contribution in [0.25, 0.3) is 11.4 Å². The van der Waals surface area contributed by atoms with E-state index >= 15 is 0 Å². The maximum atomic E-state index is 13.1. The van der Waals surface area contributed by atoms with Gasteiger partial charge < -0.3 is 10.3 Å². The first kappa shape index (κ1) is 12.6. The molecule has 18 heavy (non-hydrogen) atoms. The zero-order valence-electron chi connectivity index (χ0n) is 10.1. The van der Waals surface area contributed by atoms with Crippen LogP contribution in [0.1, 0.15) is 26.2 Å². The Kier molecular flexibility index (Phi) is 3.13. The predicted octanol–water partition coefficient (Wildman–Crippen LogP) is 2.60. The molecule has 0 saturated carbocycles. The Bertz CT molecular complexity index is 566. The maximum absolute atomic E-state index is 13.1. The van der Waals surface area contributed by atoms with Gasteiger partial charge in [0.15, 0.2) is 11.6 Å². The second kappa shape index (κ2) is 4.45. The molecule has 1 aromatic heterocycles. The number of benzene rings is 1. The fraction of sp³-hybridized carbons (Fsp3) is 0.333. The van der Waals surface area contributed by atoms with Crippen molar-refractivity contribution in [2.45, 2.75) is 25.8 Å². The molecule has 0 aliphatic carbocycles. The molecular weight excluding hydrogens is 240 g/mol. The highest BCUT2D eigenvalue weighted by molar-refractivity contribution is 5.54. The number of nitrogens with two attached hydrogens (primary N) is 1. The fourth-order valence-electron chi connectivity index (χ4n) is 1.36. The van der Waals surface area contributed by atoms with Crippen molar-refractivity contribution in [3.05, 3.63) is 35.7 Å². The fourth-order valence-corrected chi connectivity index (χ4v) is 1.36. The molecule has 4 nitrogen and oxygen atoms in total. The maximum Gasteiger partial charge on any atom is 0.246 e. The number of nitrogens with zero attached hydrogens (tertiary/aromatic N) is 2. The van der Waals surface area contributed by atoms with E-state index in [2.05, 4.69) is 10.1 Å².